The number of hydrogen-bond donors (Lipinski definition) is 0. The molecule has 1 saturated carbocycles. The molecule has 0 aromatic heterocycles. The molecule has 0 heterocycles. The van der Waals surface area contributed by atoms with Crippen LogP contribution in [-0.2, 0) is 0 Å². The Morgan fingerprint density at radius 1 is 1.33 bits per heavy atom. The molecule has 9 heavy (non-hydrogen) atoms. The summed E-state index contributed by atoms with van der Waals surface area (Å²) >= 11 is 0. The molecule has 52 valence electrons. The van der Waals surface area contributed by atoms with Crippen molar-refractivity contribution < 1.29 is 4.39 Å². The third-order valence-corrected chi connectivity index (χ3v) is 2.03. The summed E-state index contributed by atoms with van der Waals surface area (Å²) in [6.45, 7) is 3.59. The smallest absolute Gasteiger partial charge is 0.106 e. The van der Waals surface area contributed by atoms with Crippen molar-refractivity contribution in [1.29, 1.82) is 0 Å². The second-order valence-electron chi connectivity index (χ2n) is 2.70. The minimum absolute atomic E-state index is 0.152. The molecular formula is C8H13F. The predicted octanol–water partition coefficient (Wildman–Crippen LogP) is 2.70. The van der Waals surface area contributed by atoms with Crippen LogP contribution in [0.3, 0.4) is 0 Å². The zero-order chi connectivity index (χ0) is 6.69. The Hall–Kier alpha value is -0.330. The lowest BCUT2D eigenvalue weighted by molar-refractivity contribution is 0.199. The van der Waals surface area contributed by atoms with Crippen molar-refractivity contribution >= 4 is 0 Å². The first-order valence-corrected chi connectivity index (χ1v) is 3.61. The lowest BCUT2D eigenvalue weighted by atomic mass is 9.88. The van der Waals surface area contributed by atoms with Gasteiger partial charge in [0.15, 0.2) is 0 Å². The third kappa shape index (κ3) is 1.54. The lowest BCUT2D eigenvalue weighted by Crippen LogP contribution is -2.17. The maximum atomic E-state index is 12.8. The van der Waals surface area contributed by atoms with Crippen LogP contribution in [0.4, 0.5) is 4.39 Å². The Labute approximate surface area is 55.8 Å². The fourth-order valence-corrected chi connectivity index (χ4v) is 1.38. The van der Waals surface area contributed by atoms with Crippen LogP contribution in [0.5, 0.6) is 0 Å². The van der Waals surface area contributed by atoms with Gasteiger partial charge in [-0.15, -0.1) is 6.58 Å². The summed E-state index contributed by atoms with van der Waals surface area (Å²) in [5, 5.41) is 0. The SMILES string of the molecule is C=CC1CCCCC1F. The zero-order valence-electron chi connectivity index (χ0n) is 5.65. The van der Waals surface area contributed by atoms with E-state index in [1.165, 1.54) is 6.42 Å². The Bertz CT molecular complexity index is 98.7. The molecule has 1 rings (SSSR count). The largest absolute Gasteiger partial charge is 0.247 e. The summed E-state index contributed by atoms with van der Waals surface area (Å²) in [6, 6.07) is 0. The van der Waals surface area contributed by atoms with Gasteiger partial charge in [0.1, 0.15) is 6.17 Å². The first kappa shape index (κ1) is 6.79. The average Bonchev–Trinajstić information content (AvgIpc) is 1.89. The van der Waals surface area contributed by atoms with E-state index in [9.17, 15) is 4.39 Å². The molecular weight excluding hydrogens is 115 g/mol. The highest BCUT2D eigenvalue weighted by atomic mass is 19.1. The van der Waals surface area contributed by atoms with Crippen molar-refractivity contribution in [3.8, 4) is 0 Å². The van der Waals surface area contributed by atoms with E-state index in [-0.39, 0.29) is 5.92 Å². The average molecular weight is 128 g/mol. The first-order valence-electron chi connectivity index (χ1n) is 3.61. The number of allylic oxidation sites excluding steroid dienone is 1. The van der Waals surface area contributed by atoms with E-state index in [0.717, 1.165) is 19.3 Å². The van der Waals surface area contributed by atoms with E-state index >= 15 is 0 Å². The first-order chi connectivity index (χ1) is 4.34. The van der Waals surface area contributed by atoms with Gasteiger partial charge < -0.3 is 0 Å². The highest BCUT2D eigenvalue weighted by Gasteiger charge is 2.20. The molecule has 0 aromatic carbocycles. The zero-order valence-corrected chi connectivity index (χ0v) is 5.65. The maximum absolute atomic E-state index is 12.8. The van der Waals surface area contributed by atoms with Crippen molar-refractivity contribution in [2.24, 2.45) is 5.92 Å². The lowest BCUT2D eigenvalue weighted by Gasteiger charge is -2.22. The standard InChI is InChI=1S/C8H13F/c1-2-7-5-3-4-6-8(7)9/h2,7-8H,1,3-6H2. The van der Waals surface area contributed by atoms with Gasteiger partial charge in [-0.2, -0.15) is 0 Å². The Morgan fingerprint density at radius 2 is 2.00 bits per heavy atom. The number of alkyl halides is 1. The van der Waals surface area contributed by atoms with Gasteiger partial charge in [0, 0.05) is 5.92 Å². The molecule has 1 heteroatoms. The van der Waals surface area contributed by atoms with Crippen molar-refractivity contribution in [3.05, 3.63) is 12.7 Å². The normalized spacial score (nSPS) is 36.1. The molecule has 1 aliphatic rings. The summed E-state index contributed by atoms with van der Waals surface area (Å²) in [4.78, 5) is 0. The van der Waals surface area contributed by atoms with E-state index < -0.39 is 6.17 Å². The number of halogens is 1. The van der Waals surface area contributed by atoms with Crippen molar-refractivity contribution in [3.63, 3.8) is 0 Å². The summed E-state index contributed by atoms with van der Waals surface area (Å²) < 4.78 is 12.8. The fraction of sp³-hybridized carbons (Fsp3) is 0.750. The topological polar surface area (TPSA) is 0 Å². The molecule has 0 bridgehead atoms. The molecule has 2 unspecified atom stereocenters. The summed E-state index contributed by atoms with van der Waals surface area (Å²) in [5.41, 5.74) is 0. The molecule has 0 amide bonds. The van der Waals surface area contributed by atoms with Gasteiger partial charge in [0.05, 0.1) is 0 Å². The molecule has 1 aliphatic carbocycles. The summed E-state index contributed by atoms with van der Waals surface area (Å²) in [6.07, 6.45) is 5.14. The van der Waals surface area contributed by atoms with Crippen LogP contribution < -0.4 is 0 Å². The van der Waals surface area contributed by atoms with Crippen LogP contribution >= 0.6 is 0 Å². The molecule has 0 N–H and O–H groups in total. The van der Waals surface area contributed by atoms with Crippen LogP contribution in [-0.4, -0.2) is 6.17 Å². The summed E-state index contributed by atoms with van der Waals surface area (Å²) in [7, 11) is 0. The molecule has 0 aromatic rings. The highest BCUT2D eigenvalue weighted by molar-refractivity contribution is 4.87. The second kappa shape index (κ2) is 3.00. The molecule has 2 atom stereocenters. The Balaban J connectivity index is 2.38. The van der Waals surface area contributed by atoms with Crippen LogP contribution in [0, 0.1) is 5.92 Å². The molecule has 0 radical (unpaired) electrons. The van der Waals surface area contributed by atoms with Gasteiger partial charge in [-0.1, -0.05) is 18.9 Å². The second-order valence-corrected chi connectivity index (χ2v) is 2.70. The van der Waals surface area contributed by atoms with Gasteiger partial charge in [-0.3, -0.25) is 0 Å². The Morgan fingerprint density at radius 3 is 2.44 bits per heavy atom. The fourth-order valence-electron chi connectivity index (χ4n) is 1.38. The molecule has 1 fully saturated rings. The summed E-state index contributed by atoms with van der Waals surface area (Å²) in [5.74, 6) is 0.152. The third-order valence-electron chi connectivity index (χ3n) is 2.03. The number of rotatable bonds is 1. The van der Waals surface area contributed by atoms with E-state index in [4.69, 9.17) is 0 Å². The maximum Gasteiger partial charge on any atom is 0.106 e. The highest BCUT2D eigenvalue weighted by Crippen LogP contribution is 2.27. The van der Waals surface area contributed by atoms with E-state index in [1.54, 1.807) is 6.08 Å². The van der Waals surface area contributed by atoms with Gasteiger partial charge >= 0.3 is 0 Å². The molecule has 0 aliphatic heterocycles. The van der Waals surface area contributed by atoms with Crippen molar-refractivity contribution in [2.45, 2.75) is 31.9 Å². The van der Waals surface area contributed by atoms with E-state index in [2.05, 4.69) is 6.58 Å². The van der Waals surface area contributed by atoms with Gasteiger partial charge in [-0.25, -0.2) is 4.39 Å². The monoisotopic (exact) mass is 128 g/mol. The molecule has 0 spiro atoms. The number of hydrogen-bond acceptors (Lipinski definition) is 0. The van der Waals surface area contributed by atoms with Crippen LogP contribution in [0.1, 0.15) is 25.7 Å². The minimum Gasteiger partial charge on any atom is -0.247 e. The van der Waals surface area contributed by atoms with Gasteiger partial charge in [-0.05, 0) is 12.8 Å². The van der Waals surface area contributed by atoms with Gasteiger partial charge in [0.25, 0.3) is 0 Å². The Kier molecular flexibility index (Phi) is 2.26. The van der Waals surface area contributed by atoms with Crippen molar-refractivity contribution in [1.82, 2.24) is 0 Å². The van der Waals surface area contributed by atoms with E-state index in [0.29, 0.717) is 0 Å². The quantitative estimate of drug-likeness (QED) is 0.476. The molecule has 0 saturated heterocycles. The molecule has 0 nitrogen and oxygen atoms in total. The minimum atomic E-state index is -0.601. The van der Waals surface area contributed by atoms with Crippen molar-refractivity contribution in [2.75, 3.05) is 0 Å². The van der Waals surface area contributed by atoms with E-state index in [1.807, 2.05) is 0 Å². The van der Waals surface area contributed by atoms with Gasteiger partial charge in [0.2, 0.25) is 0 Å². The van der Waals surface area contributed by atoms with Crippen LogP contribution in [0.2, 0.25) is 0 Å². The van der Waals surface area contributed by atoms with Crippen LogP contribution in [0.15, 0.2) is 12.7 Å². The van der Waals surface area contributed by atoms with Crippen LogP contribution in [0.25, 0.3) is 0 Å². The predicted molar refractivity (Wildman–Crippen MR) is 37.1 cm³/mol.